The fourth-order valence-corrected chi connectivity index (χ4v) is 1.90. The maximum atomic E-state index is 4.45. The summed E-state index contributed by atoms with van der Waals surface area (Å²) in [5.74, 6) is 0. The van der Waals surface area contributed by atoms with E-state index in [2.05, 4.69) is 48.1 Å². The number of fused-ring (bicyclic) bond motifs is 1. The van der Waals surface area contributed by atoms with Gasteiger partial charge < -0.3 is 4.98 Å². The molecule has 0 radical (unpaired) electrons. The number of imidazole rings is 1. The Morgan fingerprint density at radius 3 is 2.93 bits per heavy atom. The predicted molar refractivity (Wildman–Crippen MR) is 67.2 cm³/mol. The van der Waals surface area contributed by atoms with Gasteiger partial charge in [0.15, 0.2) is 5.16 Å². The van der Waals surface area contributed by atoms with Gasteiger partial charge in [-0.15, -0.1) is 0 Å². The standard InChI is InChI=1S/C12H14N2S/c1-4-8(2)9-5-6-10-11(7-9)14-12(13-10)15-3/h4-7H,1-3H3,(H,13,14). The predicted octanol–water partition coefficient (Wildman–Crippen LogP) is 3.71. The van der Waals surface area contributed by atoms with Crippen LogP contribution in [0.4, 0.5) is 0 Å². The Hall–Kier alpha value is -1.22. The Morgan fingerprint density at radius 2 is 2.27 bits per heavy atom. The highest BCUT2D eigenvalue weighted by molar-refractivity contribution is 7.98. The molecule has 2 aromatic rings. The van der Waals surface area contributed by atoms with E-state index in [4.69, 9.17) is 0 Å². The molecule has 0 bridgehead atoms. The van der Waals surface area contributed by atoms with Gasteiger partial charge >= 0.3 is 0 Å². The topological polar surface area (TPSA) is 28.7 Å². The summed E-state index contributed by atoms with van der Waals surface area (Å²) in [7, 11) is 0. The number of H-pyrrole nitrogens is 1. The molecule has 0 aliphatic heterocycles. The van der Waals surface area contributed by atoms with Crippen LogP contribution in [-0.2, 0) is 0 Å². The second-order valence-corrected chi connectivity index (χ2v) is 4.24. The van der Waals surface area contributed by atoms with E-state index in [0.717, 1.165) is 16.2 Å². The highest BCUT2D eigenvalue weighted by Crippen LogP contribution is 2.21. The first-order valence-electron chi connectivity index (χ1n) is 4.91. The average Bonchev–Trinajstić information content (AvgIpc) is 2.69. The number of rotatable bonds is 2. The fourth-order valence-electron chi connectivity index (χ4n) is 1.49. The molecule has 2 nitrogen and oxygen atoms in total. The molecule has 0 saturated carbocycles. The SMILES string of the molecule is CC=C(C)c1ccc2nc(SC)[nH]c2c1. The minimum absolute atomic E-state index is 0.972. The van der Waals surface area contributed by atoms with Crippen molar-refractivity contribution in [1.29, 1.82) is 0 Å². The second kappa shape index (κ2) is 4.11. The van der Waals surface area contributed by atoms with E-state index in [1.807, 2.05) is 6.26 Å². The fraction of sp³-hybridized carbons (Fsp3) is 0.250. The smallest absolute Gasteiger partial charge is 0.166 e. The molecule has 1 N–H and O–H groups in total. The zero-order valence-electron chi connectivity index (χ0n) is 9.16. The van der Waals surface area contributed by atoms with Gasteiger partial charge in [0.05, 0.1) is 11.0 Å². The van der Waals surface area contributed by atoms with Gasteiger partial charge in [0, 0.05) is 0 Å². The molecule has 2 rings (SSSR count). The summed E-state index contributed by atoms with van der Waals surface area (Å²) in [6.07, 6.45) is 4.14. The van der Waals surface area contributed by atoms with Crippen LogP contribution in [0.15, 0.2) is 29.4 Å². The second-order valence-electron chi connectivity index (χ2n) is 3.45. The molecular formula is C12H14N2S. The van der Waals surface area contributed by atoms with E-state index in [9.17, 15) is 0 Å². The number of benzene rings is 1. The van der Waals surface area contributed by atoms with Crippen molar-refractivity contribution in [2.24, 2.45) is 0 Å². The van der Waals surface area contributed by atoms with Crippen molar-refractivity contribution in [3.8, 4) is 0 Å². The van der Waals surface area contributed by atoms with E-state index >= 15 is 0 Å². The van der Waals surface area contributed by atoms with Crippen LogP contribution in [0.3, 0.4) is 0 Å². The molecule has 0 saturated heterocycles. The Bertz CT molecular complexity index is 511. The van der Waals surface area contributed by atoms with E-state index in [1.54, 1.807) is 11.8 Å². The summed E-state index contributed by atoms with van der Waals surface area (Å²) in [5.41, 5.74) is 4.68. The average molecular weight is 218 g/mol. The first kappa shape index (κ1) is 10.3. The van der Waals surface area contributed by atoms with E-state index in [0.29, 0.717) is 0 Å². The van der Waals surface area contributed by atoms with Gasteiger partial charge in [0.2, 0.25) is 0 Å². The molecule has 1 aromatic heterocycles. The summed E-state index contributed by atoms with van der Waals surface area (Å²) in [6, 6.07) is 6.33. The molecule has 0 aliphatic rings. The van der Waals surface area contributed by atoms with Crippen LogP contribution in [0, 0.1) is 0 Å². The van der Waals surface area contributed by atoms with E-state index in [-0.39, 0.29) is 0 Å². The minimum Gasteiger partial charge on any atom is -0.333 e. The monoisotopic (exact) mass is 218 g/mol. The lowest BCUT2D eigenvalue weighted by atomic mass is 10.1. The lowest BCUT2D eigenvalue weighted by Crippen LogP contribution is -1.79. The molecular weight excluding hydrogens is 204 g/mol. The van der Waals surface area contributed by atoms with Gasteiger partial charge in [0.25, 0.3) is 0 Å². The number of nitrogens with zero attached hydrogens (tertiary/aromatic N) is 1. The highest BCUT2D eigenvalue weighted by atomic mass is 32.2. The van der Waals surface area contributed by atoms with Gasteiger partial charge in [0.1, 0.15) is 0 Å². The zero-order valence-corrected chi connectivity index (χ0v) is 9.98. The molecule has 78 valence electrons. The molecule has 3 heteroatoms. The highest BCUT2D eigenvalue weighted by Gasteiger charge is 2.02. The molecule has 0 amide bonds. The van der Waals surface area contributed by atoms with E-state index < -0.39 is 0 Å². The van der Waals surface area contributed by atoms with Crippen LogP contribution >= 0.6 is 11.8 Å². The third-order valence-corrected chi connectivity index (χ3v) is 3.12. The molecule has 0 atom stereocenters. The Morgan fingerprint density at radius 1 is 1.47 bits per heavy atom. The maximum Gasteiger partial charge on any atom is 0.166 e. The number of hydrogen-bond donors (Lipinski definition) is 1. The third kappa shape index (κ3) is 1.92. The quantitative estimate of drug-likeness (QED) is 0.778. The van der Waals surface area contributed by atoms with Crippen molar-refractivity contribution < 1.29 is 0 Å². The van der Waals surface area contributed by atoms with Gasteiger partial charge in [-0.05, 0) is 43.4 Å². The van der Waals surface area contributed by atoms with Crippen molar-refractivity contribution in [3.05, 3.63) is 29.8 Å². The van der Waals surface area contributed by atoms with Crippen LogP contribution in [-0.4, -0.2) is 16.2 Å². The minimum atomic E-state index is 0.972. The first-order chi connectivity index (χ1) is 7.24. The third-order valence-electron chi connectivity index (χ3n) is 2.54. The summed E-state index contributed by atoms with van der Waals surface area (Å²) in [5, 5.41) is 0.972. The van der Waals surface area contributed by atoms with Crippen molar-refractivity contribution >= 4 is 28.4 Å². The van der Waals surface area contributed by atoms with Gasteiger partial charge in [-0.2, -0.15) is 0 Å². The lowest BCUT2D eigenvalue weighted by molar-refractivity contribution is 1.09. The Kier molecular flexibility index (Phi) is 2.82. The van der Waals surface area contributed by atoms with Crippen molar-refractivity contribution in [3.63, 3.8) is 0 Å². The maximum absolute atomic E-state index is 4.45. The molecule has 1 heterocycles. The van der Waals surface area contributed by atoms with Crippen LogP contribution in [0.1, 0.15) is 19.4 Å². The normalized spacial score (nSPS) is 12.3. The number of thioether (sulfide) groups is 1. The van der Waals surface area contributed by atoms with Gasteiger partial charge in [-0.1, -0.05) is 23.9 Å². The number of hydrogen-bond acceptors (Lipinski definition) is 2. The van der Waals surface area contributed by atoms with Crippen LogP contribution in [0.5, 0.6) is 0 Å². The van der Waals surface area contributed by atoms with Gasteiger partial charge in [-0.3, -0.25) is 0 Å². The molecule has 0 fully saturated rings. The lowest BCUT2D eigenvalue weighted by Gasteiger charge is -1.99. The summed E-state index contributed by atoms with van der Waals surface area (Å²) in [4.78, 5) is 7.73. The van der Waals surface area contributed by atoms with Crippen LogP contribution < -0.4 is 0 Å². The van der Waals surface area contributed by atoms with Crippen LogP contribution in [0.25, 0.3) is 16.6 Å². The largest absolute Gasteiger partial charge is 0.333 e. The van der Waals surface area contributed by atoms with Crippen molar-refractivity contribution in [2.75, 3.05) is 6.26 Å². The molecule has 15 heavy (non-hydrogen) atoms. The van der Waals surface area contributed by atoms with Crippen LogP contribution in [0.2, 0.25) is 0 Å². The van der Waals surface area contributed by atoms with Gasteiger partial charge in [-0.25, -0.2) is 4.98 Å². The molecule has 0 unspecified atom stereocenters. The molecule has 1 aromatic carbocycles. The number of nitrogens with one attached hydrogen (secondary N) is 1. The summed E-state index contributed by atoms with van der Waals surface area (Å²) < 4.78 is 0. The number of aromatic amines is 1. The van der Waals surface area contributed by atoms with Crippen molar-refractivity contribution in [2.45, 2.75) is 19.0 Å². The first-order valence-corrected chi connectivity index (χ1v) is 6.14. The number of allylic oxidation sites excluding steroid dienone is 2. The Labute approximate surface area is 93.8 Å². The summed E-state index contributed by atoms with van der Waals surface area (Å²) in [6.45, 7) is 4.17. The molecule has 0 spiro atoms. The molecule has 0 aliphatic carbocycles. The number of aromatic nitrogens is 2. The van der Waals surface area contributed by atoms with E-state index in [1.165, 1.54) is 11.1 Å². The zero-order chi connectivity index (χ0) is 10.8. The van der Waals surface area contributed by atoms with Crippen molar-refractivity contribution in [1.82, 2.24) is 9.97 Å². The Balaban J connectivity index is 2.55. The summed E-state index contributed by atoms with van der Waals surface area (Å²) >= 11 is 1.63.